The highest BCUT2D eigenvalue weighted by molar-refractivity contribution is 6.75. The Kier molecular flexibility index (Phi) is 8.72. The SMILES string of the molecule is [B]c1c([B])c([B])c2c(c1[B])c1c([B])c([B])c([B])c([B])c1c1c([B])c(-c3cccc(-c4nc(-c5ccccc5)nc(-c5ccccc5)n4)c3)c([B])c([B])c21. The van der Waals surface area contributed by atoms with E-state index in [0.717, 1.165) is 11.1 Å². The van der Waals surface area contributed by atoms with E-state index in [1.807, 2.05) is 84.9 Å². The molecule has 0 saturated heterocycles. The summed E-state index contributed by atoms with van der Waals surface area (Å²) in [6.45, 7) is 0. The van der Waals surface area contributed by atoms with Crippen molar-refractivity contribution in [1.29, 1.82) is 0 Å². The minimum atomic E-state index is 0.0565. The molecule has 8 aromatic rings. The molecule has 8 rings (SSSR count). The second-order valence-electron chi connectivity index (χ2n) is 12.8. The summed E-state index contributed by atoms with van der Waals surface area (Å²) >= 11 is 0. The van der Waals surface area contributed by atoms with Crippen LogP contribution >= 0.6 is 0 Å². The average Bonchev–Trinajstić information content (AvgIpc) is 3.19. The van der Waals surface area contributed by atoms with Gasteiger partial charge in [-0.1, -0.05) is 117 Å². The van der Waals surface area contributed by atoms with Crippen LogP contribution in [-0.2, 0) is 0 Å². The van der Waals surface area contributed by atoms with Crippen LogP contribution in [0.2, 0.25) is 0 Å². The lowest BCUT2D eigenvalue weighted by Gasteiger charge is -2.29. The van der Waals surface area contributed by atoms with Gasteiger partial charge in [0.2, 0.25) is 0 Å². The quantitative estimate of drug-likeness (QED) is 0.150. The van der Waals surface area contributed by atoms with Crippen LogP contribution in [0.3, 0.4) is 0 Å². The molecule has 0 bridgehead atoms. The fourth-order valence-electron chi connectivity index (χ4n) is 7.09. The van der Waals surface area contributed by atoms with Gasteiger partial charge in [0.15, 0.2) is 17.5 Å². The standard InChI is InChI=1S/C39H14B11N3/c40-26-19(17-12-7-13-18(14-17)39-52-37(15-8-3-1-4-9-15)51-38(53-39)16-10-5-2-6-11-16)27(41)28(42)21-20(26)22-24(31(45)35(49)33(47)29(22)43)25-23(21)30(44)34(48)36(50)32(25)46/h1-14H. The highest BCUT2D eigenvalue weighted by Crippen LogP contribution is 2.32. The third-order valence-electron chi connectivity index (χ3n) is 9.79. The average molecular weight is 643 g/mol. The molecule has 3 nitrogen and oxygen atoms in total. The van der Waals surface area contributed by atoms with E-state index in [0.29, 0.717) is 66.5 Å². The first kappa shape index (κ1) is 35.1. The Bertz CT molecular complexity index is 2750. The van der Waals surface area contributed by atoms with E-state index < -0.39 is 0 Å². The van der Waals surface area contributed by atoms with E-state index in [1.165, 1.54) is 0 Å². The lowest BCUT2D eigenvalue weighted by molar-refractivity contribution is 1.07. The van der Waals surface area contributed by atoms with E-state index in [9.17, 15) is 0 Å². The normalized spacial score (nSPS) is 11.5. The van der Waals surface area contributed by atoms with Gasteiger partial charge in [-0.05, 0) is 49.5 Å². The second-order valence-corrected chi connectivity index (χ2v) is 12.8. The van der Waals surface area contributed by atoms with Crippen LogP contribution in [0.4, 0.5) is 0 Å². The van der Waals surface area contributed by atoms with E-state index >= 15 is 0 Å². The zero-order chi connectivity index (χ0) is 37.5. The molecular formula is C39H14B11N3. The van der Waals surface area contributed by atoms with Crippen LogP contribution in [-0.4, -0.2) is 101 Å². The van der Waals surface area contributed by atoms with Crippen molar-refractivity contribution in [3.05, 3.63) is 84.9 Å². The number of aromatic nitrogens is 3. The third-order valence-corrected chi connectivity index (χ3v) is 9.79. The van der Waals surface area contributed by atoms with Crippen LogP contribution in [0.1, 0.15) is 0 Å². The Morgan fingerprint density at radius 2 is 0.566 bits per heavy atom. The summed E-state index contributed by atoms with van der Waals surface area (Å²) in [6, 6.07) is 26.8. The molecule has 22 radical (unpaired) electrons. The summed E-state index contributed by atoms with van der Waals surface area (Å²) in [6.07, 6.45) is 0. The highest BCUT2D eigenvalue weighted by atomic mass is 15.0. The smallest absolute Gasteiger partial charge is 0.164 e. The molecule has 7 aromatic carbocycles. The lowest BCUT2D eigenvalue weighted by Crippen LogP contribution is -2.51. The van der Waals surface area contributed by atoms with Gasteiger partial charge in [-0.25, -0.2) is 15.0 Å². The molecule has 218 valence electrons. The number of rotatable bonds is 4. The van der Waals surface area contributed by atoms with Crippen molar-refractivity contribution in [3.8, 4) is 45.3 Å². The Hall–Kier alpha value is -4.96. The van der Waals surface area contributed by atoms with Crippen molar-refractivity contribution in [2.24, 2.45) is 0 Å². The Morgan fingerprint density at radius 3 is 0.962 bits per heavy atom. The van der Waals surface area contributed by atoms with Gasteiger partial charge in [-0.15, -0.1) is 21.9 Å². The van der Waals surface area contributed by atoms with Crippen molar-refractivity contribution < 1.29 is 0 Å². The molecule has 0 amide bonds. The van der Waals surface area contributed by atoms with Crippen LogP contribution in [0, 0.1) is 0 Å². The third kappa shape index (κ3) is 5.39. The number of hydrogen-bond donors (Lipinski definition) is 0. The van der Waals surface area contributed by atoms with E-state index in [-0.39, 0.29) is 60.1 Å². The molecule has 1 heterocycles. The first-order chi connectivity index (χ1) is 25.4. The van der Waals surface area contributed by atoms with Crippen molar-refractivity contribution in [2.45, 2.75) is 0 Å². The van der Waals surface area contributed by atoms with Gasteiger partial charge in [-0.3, -0.25) is 0 Å². The predicted molar refractivity (Wildman–Crippen MR) is 233 cm³/mol. The van der Waals surface area contributed by atoms with Crippen molar-refractivity contribution in [3.63, 3.8) is 0 Å². The molecule has 0 spiro atoms. The first-order valence-corrected chi connectivity index (χ1v) is 16.4. The maximum Gasteiger partial charge on any atom is 0.164 e. The molecule has 0 fully saturated rings. The minimum absolute atomic E-state index is 0.0565. The first-order valence-electron chi connectivity index (χ1n) is 16.4. The van der Waals surface area contributed by atoms with Gasteiger partial charge in [0.05, 0.1) is 0 Å². The largest absolute Gasteiger partial charge is 0.208 e. The van der Waals surface area contributed by atoms with E-state index in [4.69, 9.17) is 101 Å². The summed E-state index contributed by atoms with van der Waals surface area (Å²) in [5, 5.41) is 2.11. The highest BCUT2D eigenvalue weighted by Gasteiger charge is 2.24. The Morgan fingerprint density at radius 1 is 0.264 bits per heavy atom. The molecule has 0 aliphatic rings. The molecule has 0 saturated carbocycles. The number of benzene rings is 7. The maximum atomic E-state index is 7.16. The number of fused-ring (bicyclic) bond motifs is 6. The fraction of sp³-hybridized carbons (Fsp3) is 0. The molecule has 0 aliphatic carbocycles. The van der Waals surface area contributed by atoms with Crippen LogP contribution < -0.4 is 60.1 Å². The molecule has 53 heavy (non-hydrogen) atoms. The molecule has 14 heteroatoms. The molecule has 0 aliphatic heterocycles. The monoisotopic (exact) mass is 645 g/mol. The van der Waals surface area contributed by atoms with Gasteiger partial charge in [-0.2, -0.15) is 0 Å². The van der Waals surface area contributed by atoms with Crippen molar-refractivity contribution in [1.82, 2.24) is 15.0 Å². The summed E-state index contributed by atoms with van der Waals surface area (Å²) in [5.74, 6) is 1.45. The summed E-state index contributed by atoms with van der Waals surface area (Å²) in [5.41, 5.74) is 4.52. The minimum Gasteiger partial charge on any atom is -0.208 e. The van der Waals surface area contributed by atoms with Crippen molar-refractivity contribution in [2.75, 3.05) is 0 Å². The van der Waals surface area contributed by atoms with Gasteiger partial charge in [0.25, 0.3) is 0 Å². The van der Waals surface area contributed by atoms with Gasteiger partial charge in [0.1, 0.15) is 86.3 Å². The summed E-state index contributed by atoms with van der Waals surface area (Å²) < 4.78 is 0. The van der Waals surface area contributed by atoms with Gasteiger partial charge in [0, 0.05) is 16.7 Å². The zero-order valence-electron chi connectivity index (χ0n) is 28.3. The molecule has 0 unspecified atom stereocenters. The lowest BCUT2D eigenvalue weighted by atomic mass is 9.58. The van der Waals surface area contributed by atoms with Gasteiger partial charge < -0.3 is 0 Å². The summed E-state index contributed by atoms with van der Waals surface area (Å²) in [4.78, 5) is 14.6. The maximum absolute atomic E-state index is 7.16. The molecule has 0 atom stereocenters. The molecule has 1 aromatic heterocycles. The van der Waals surface area contributed by atoms with Crippen LogP contribution in [0.15, 0.2) is 84.9 Å². The number of hydrogen-bond acceptors (Lipinski definition) is 3. The molecular weight excluding hydrogens is 629 g/mol. The fourth-order valence-corrected chi connectivity index (χ4v) is 7.09. The van der Waals surface area contributed by atoms with Crippen LogP contribution in [0.5, 0.6) is 0 Å². The van der Waals surface area contributed by atoms with Crippen molar-refractivity contribution >= 4 is 179 Å². The predicted octanol–water partition coefficient (Wildman–Crippen LogP) is -3.27. The van der Waals surface area contributed by atoms with E-state index in [1.54, 1.807) is 0 Å². The second kappa shape index (κ2) is 13.2. The van der Waals surface area contributed by atoms with Crippen LogP contribution in [0.25, 0.3) is 77.6 Å². The zero-order valence-corrected chi connectivity index (χ0v) is 28.3. The number of nitrogens with zero attached hydrogens (tertiary/aromatic N) is 3. The summed E-state index contributed by atoms with van der Waals surface area (Å²) in [7, 11) is 73.2. The Labute approximate surface area is 322 Å². The van der Waals surface area contributed by atoms with E-state index in [2.05, 4.69) is 0 Å². The topological polar surface area (TPSA) is 38.7 Å². The molecule has 0 N–H and O–H groups in total. The van der Waals surface area contributed by atoms with Gasteiger partial charge >= 0.3 is 0 Å². The Balaban J connectivity index is 1.46.